The van der Waals surface area contributed by atoms with Crippen molar-refractivity contribution in [2.75, 3.05) is 11.5 Å². The van der Waals surface area contributed by atoms with Crippen LogP contribution in [0.4, 0.5) is 0 Å². The second-order valence-corrected chi connectivity index (χ2v) is 4.85. The van der Waals surface area contributed by atoms with Crippen LogP contribution < -0.4 is 5.69 Å². The maximum atomic E-state index is 11.3. The Bertz CT molecular complexity index is 470. The summed E-state index contributed by atoms with van der Waals surface area (Å²) < 4.78 is 0. The third kappa shape index (κ3) is 2.44. The number of carboxylic acid groups (broad SMARTS) is 1. The van der Waals surface area contributed by atoms with Gasteiger partial charge in [0.2, 0.25) is 0 Å². The lowest BCUT2D eigenvalue weighted by atomic mass is 10.1. The number of rotatable bonds is 2. The molecule has 0 saturated carbocycles. The van der Waals surface area contributed by atoms with E-state index in [-0.39, 0.29) is 6.42 Å². The Balaban J connectivity index is 2.46. The highest BCUT2D eigenvalue weighted by atomic mass is 32.2. The van der Waals surface area contributed by atoms with E-state index in [1.54, 1.807) is 0 Å². The van der Waals surface area contributed by atoms with Gasteiger partial charge >= 0.3 is 11.7 Å². The monoisotopic (exact) mass is 240 g/mol. The van der Waals surface area contributed by atoms with Crippen LogP contribution in [0.2, 0.25) is 0 Å². The highest BCUT2D eigenvalue weighted by Crippen LogP contribution is 2.19. The molecule has 0 amide bonds. The molecular weight excluding hydrogens is 228 g/mol. The van der Waals surface area contributed by atoms with Crippen LogP contribution in [0.5, 0.6) is 0 Å². The van der Waals surface area contributed by atoms with E-state index in [0.717, 1.165) is 35.6 Å². The maximum Gasteiger partial charge on any atom is 0.345 e. The molecule has 1 aliphatic heterocycles. The molecule has 2 rings (SSSR count). The number of carboxylic acids is 1. The minimum Gasteiger partial charge on any atom is -0.481 e. The first-order chi connectivity index (χ1) is 7.66. The van der Waals surface area contributed by atoms with Gasteiger partial charge in [-0.3, -0.25) is 4.79 Å². The number of aromatic amines is 1. The van der Waals surface area contributed by atoms with Gasteiger partial charge in [-0.15, -0.1) is 0 Å². The number of hydrogen-bond donors (Lipinski definition) is 2. The topological polar surface area (TPSA) is 83.0 Å². The van der Waals surface area contributed by atoms with Crippen molar-refractivity contribution in [2.45, 2.75) is 19.3 Å². The third-order valence-electron chi connectivity index (χ3n) is 2.52. The van der Waals surface area contributed by atoms with Gasteiger partial charge in [0.15, 0.2) is 0 Å². The second-order valence-electron chi connectivity index (χ2n) is 3.63. The van der Waals surface area contributed by atoms with Crippen LogP contribution in [0.25, 0.3) is 0 Å². The van der Waals surface area contributed by atoms with Gasteiger partial charge in [0.1, 0.15) is 0 Å². The molecule has 0 radical (unpaired) electrons. The second kappa shape index (κ2) is 4.69. The first kappa shape index (κ1) is 11.2. The summed E-state index contributed by atoms with van der Waals surface area (Å²) in [6.45, 7) is 0. The summed E-state index contributed by atoms with van der Waals surface area (Å²) in [7, 11) is 0. The Hall–Kier alpha value is -1.30. The van der Waals surface area contributed by atoms with Crippen molar-refractivity contribution in [1.82, 2.24) is 9.97 Å². The van der Waals surface area contributed by atoms with Crippen LogP contribution in [0.15, 0.2) is 4.79 Å². The number of fused-ring (bicyclic) bond motifs is 1. The normalized spacial score (nSPS) is 15.2. The molecular formula is C10H12N2O3S. The van der Waals surface area contributed by atoms with Gasteiger partial charge in [0.25, 0.3) is 0 Å². The lowest BCUT2D eigenvalue weighted by Crippen LogP contribution is -2.21. The average molecular weight is 240 g/mol. The molecule has 1 aromatic heterocycles. The van der Waals surface area contributed by atoms with Crippen LogP contribution in [0, 0.1) is 0 Å². The summed E-state index contributed by atoms with van der Waals surface area (Å²) in [6.07, 6.45) is 1.40. The van der Waals surface area contributed by atoms with Gasteiger partial charge in [-0.2, -0.15) is 16.7 Å². The summed E-state index contributed by atoms with van der Waals surface area (Å²) >= 11 is 1.81. The van der Waals surface area contributed by atoms with Crippen LogP contribution in [0.3, 0.4) is 0 Å². The molecule has 1 aromatic rings. The number of aryl methyl sites for hydroxylation is 1. The van der Waals surface area contributed by atoms with Crippen LogP contribution >= 0.6 is 11.8 Å². The van der Waals surface area contributed by atoms with Crippen molar-refractivity contribution in [1.29, 1.82) is 0 Å². The van der Waals surface area contributed by atoms with Gasteiger partial charge < -0.3 is 10.1 Å². The fourth-order valence-electron chi connectivity index (χ4n) is 1.85. The van der Waals surface area contributed by atoms with Crippen LogP contribution in [0.1, 0.15) is 17.0 Å². The summed E-state index contributed by atoms with van der Waals surface area (Å²) in [5.41, 5.74) is 1.77. The minimum atomic E-state index is -0.947. The lowest BCUT2D eigenvalue weighted by molar-refractivity contribution is -0.136. The van der Waals surface area contributed by atoms with E-state index >= 15 is 0 Å². The van der Waals surface area contributed by atoms with Gasteiger partial charge in [-0.1, -0.05) is 0 Å². The van der Waals surface area contributed by atoms with Crippen LogP contribution in [-0.4, -0.2) is 32.5 Å². The zero-order chi connectivity index (χ0) is 11.5. The Labute approximate surface area is 96.3 Å². The Morgan fingerprint density at radius 1 is 1.44 bits per heavy atom. The van der Waals surface area contributed by atoms with Crippen molar-refractivity contribution in [3.63, 3.8) is 0 Å². The fourth-order valence-corrected chi connectivity index (χ4v) is 2.75. The van der Waals surface area contributed by atoms with Gasteiger partial charge in [0, 0.05) is 5.69 Å². The van der Waals surface area contributed by atoms with Gasteiger partial charge in [-0.25, -0.2) is 4.79 Å². The maximum absolute atomic E-state index is 11.3. The van der Waals surface area contributed by atoms with Crippen molar-refractivity contribution in [3.8, 4) is 0 Å². The van der Waals surface area contributed by atoms with Crippen molar-refractivity contribution in [2.24, 2.45) is 0 Å². The fraction of sp³-hybridized carbons (Fsp3) is 0.500. The predicted molar refractivity (Wildman–Crippen MR) is 60.9 cm³/mol. The molecule has 6 heteroatoms. The number of nitrogens with zero attached hydrogens (tertiary/aromatic N) is 1. The summed E-state index contributed by atoms with van der Waals surface area (Å²) in [4.78, 5) is 28.5. The molecule has 0 aliphatic carbocycles. The standard InChI is InChI=1S/C10H12N2O3S/c13-9(14)5-8-6-1-3-16-4-2-7(6)11-10(15)12-8/h1-5H2,(H,13,14)(H,11,12,15). The minimum absolute atomic E-state index is 0.170. The van der Waals surface area contributed by atoms with E-state index in [4.69, 9.17) is 5.11 Å². The Morgan fingerprint density at radius 3 is 2.94 bits per heavy atom. The van der Waals surface area contributed by atoms with E-state index in [1.165, 1.54) is 0 Å². The van der Waals surface area contributed by atoms with Gasteiger partial charge in [0.05, 0.1) is 12.1 Å². The quantitative estimate of drug-likeness (QED) is 0.773. The number of thioether (sulfide) groups is 1. The SMILES string of the molecule is O=C(O)Cc1nc(=O)[nH]c2c1CCSCC2. The van der Waals surface area contributed by atoms with Crippen LogP contribution in [-0.2, 0) is 24.1 Å². The molecule has 0 aromatic carbocycles. The zero-order valence-electron chi connectivity index (χ0n) is 8.65. The highest BCUT2D eigenvalue weighted by Gasteiger charge is 2.16. The van der Waals surface area contributed by atoms with E-state index in [9.17, 15) is 9.59 Å². The zero-order valence-corrected chi connectivity index (χ0v) is 9.47. The molecule has 2 heterocycles. The number of carbonyl (C=O) groups is 1. The number of aromatic nitrogens is 2. The molecule has 0 spiro atoms. The van der Waals surface area contributed by atoms with E-state index in [0.29, 0.717) is 5.69 Å². The number of aliphatic carboxylic acids is 1. The van der Waals surface area contributed by atoms with Crippen molar-refractivity contribution < 1.29 is 9.90 Å². The number of H-pyrrole nitrogens is 1. The molecule has 5 nitrogen and oxygen atoms in total. The Kier molecular flexibility index (Phi) is 3.28. The van der Waals surface area contributed by atoms with E-state index < -0.39 is 11.7 Å². The average Bonchev–Trinajstić information content (AvgIpc) is 2.41. The Morgan fingerprint density at radius 2 is 2.19 bits per heavy atom. The smallest absolute Gasteiger partial charge is 0.345 e. The number of hydrogen-bond acceptors (Lipinski definition) is 4. The molecule has 1 aliphatic rings. The predicted octanol–water partition coefficient (Wildman–Crippen LogP) is 0.229. The molecule has 16 heavy (non-hydrogen) atoms. The summed E-state index contributed by atoms with van der Waals surface area (Å²) in [5.74, 6) is 0.962. The molecule has 0 bridgehead atoms. The molecule has 0 saturated heterocycles. The molecule has 86 valence electrons. The van der Waals surface area contributed by atoms with Gasteiger partial charge in [-0.05, 0) is 29.9 Å². The third-order valence-corrected chi connectivity index (χ3v) is 3.50. The van der Waals surface area contributed by atoms with Crippen molar-refractivity contribution in [3.05, 3.63) is 27.4 Å². The summed E-state index contributed by atoms with van der Waals surface area (Å²) in [5, 5.41) is 8.77. The number of nitrogens with one attached hydrogen (secondary N) is 1. The molecule has 2 N–H and O–H groups in total. The largest absolute Gasteiger partial charge is 0.481 e. The molecule has 0 unspecified atom stereocenters. The lowest BCUT2D eigenvalue weighted by Gasteiger charge is -2.08. The van der Waals surface area contributed by atoms with Crippen molar-refractivity contribution >= 4 is 17.7 Å². The van der Waals surface area contributed by atoms with E-state index in [1.807, 2.05) is 11.8 Å². The summed E-state index contributed by atoms with van der Waals surface area (Å²) in [6, 6.07) is 0. The molecule has 0 atom stereocenters. The first-order valence-electron chi connectivity index (χ1n) is 5.07. The first-order valence-corrected chi connectivity index (χ1v) is 6.23. The molecule has 0 fully saturated rings. The van der Waals surface area contributed by atoms with E-state index in [2.05, 4.69) is 9.97 Å². The highest BCUT2D eigenvalue weighted by molar-refractivity contribution is 7.99.